The van der Waals surface area contributed by atoms with E-state index in [1.165, 1.54) is 28.2 Å². The standard InChI is InChI=1S/C19H19N3O2S2/c1-12-5-6-13(2)14(10-12)15-11-26-19(21-15)22-17(23)7-8-20-18(24)16-4-3-9-25-16/h3-6,9-11H,7-8H2,1-2H3,(H,20,24)(H,21,22,23). The number of anilines is 1. The van der Waals surface area contributed by atoms with Crippen LogP contribution in [0.5, 0.6) is 0 Å². The molecule has 1 aromatic carbocycles. The molecule has 0 saturated heterocycles. The number of carbonyl (C=O) groups is 2. The Bertz CT molecular complexity index is 917. The summed E-state index contributed by atoms with van der Waals surface area (Å²) < 4.78 is 0. The van der Waals surface area contributed by atoms with Gasteiger partial charge in [-0.25, -0.2) is 4.98 Å². The quantitative estimate of drug-likeness (QED) is 0.666. The summed E-state index contributed by atoms with van der Waals surface area (Å²) in [6.45, 7) is 4.38. The van der Waals surface area contributed by atoms with Gasteiger partial charge in [0.25, 0.3) is 5.91 Å². The van der Waals surface area contributed by atoms with Crippen LogP contribution in [0.1, 0.15) is 27.2 Å². The normalized spacial score (nSPS) is 10.5. The van der Waals surface area contributed by atoms with E-state index in [1.807, 2.05) is 30.7 Å². The first-order chi connectivity index (χ1) is 12.5. The van der Waals surface area contributed by atoms with Crippen molar-refractivity contribution in [1.82, 2.24) is 10.3 Å². The molecule has 3 rings (SSSR count). The van der Waals surface area contributed by atoms with E-state index >= 15 is 0 Å². The summed E-state index contributed by atoms with van der Waals surface area (Å²) in [5.74, 6) is -0.322. The molecular weight excluding hydrogens is 366 g/mol. The van der Waals surface area contributed by atoms with E-state index in [2.05, 4.69) is 33.8 Å². The molecule has 2 amide bonds. The van der Waals surface area contributed by atoms with Crippen molar-refractivity contribution in [2.45, 2.75) is 20.3 Å². The van der Waals surface area contributed by atoms with E-state index in [-0.39, 0.29) is 24.8 Å². The fourth-order valence-electron chi connectivity index (χ4n) is 2.43. The summed E-state index contributed by atoms with van der Waals surface area (Å²) in [4.78, 5) is 29.0. The smallest absolute Gasteiger partial charge is 0.261 e. The van der Waals surface area contributed by atoms with Gasteiger partial charge in [-0.15, -0.1) is 22.7 Å². The molecule has 0 aliphatic carbocycles. The van der Waals surface area contributed by atoms with Crippen LogP contribution >= 0.6 is 22.7 Å². The van der Waals surface area contributed by atoms with Gasteiger partial charge >= 0.3 is 0 Å². The Balaban J connectivity index is 1.53. The summed E-state index contributed by atoms with van der Waals surface area (Å²) in [6, 6.07) is 9.81. The molecule has 0 spiro atoms. The van der Waals surface area contributed by atoms with Crippen LogP contribution in [0.2, 0.25) is 0 Å². The molecule has 2 N–H and O–H groups in total. The van der Waals surface area contributed by atoms with E-state index in [0.29, 0.717) is 10.0 Å². The van der Waals surface area contributed by atoms with Crippen LogP contribution in [-0.4, -0.2) is 23.3 Å². The maximum Gasteiger partial charge on any atom is 0.261 e. The number of nitrogens with zero attached hydrogens (tertiary/aromatic N) is 1. The van der Waals surface area contributed by atoms with Gasteiger partial charge in [0.05, 0.1) is 10.6 Å². The van der Waals surface area contributed by atoms with Crippen molar-refractivity contribution in [3.63, 3.8) is 0 Å². The molecule has 134 valence electrons. The van der Waals surface area contributed by atoms with Gasteiger partial charge in [-0.05, 0) is 36.9 Å². The minimum atomic E-state index is -0.168. The van der Waals surface area contributed by atoms with Crippen LogP contribution in [0, 0.1) is 13.8 Å². The molecule has 7 heteroatoms. The van der Waals surface area contributed by atoms with Crippen LogP contribution in [0.25, 0.3) is 11.3 Å². The maximum atomic E-state index is 12.1. The van der Waals surface area contributed by atoms with Crippen molar-refractivity contribution in [1.29, 1.82) is 0 Å². The van der Waals surface area contributed by atoms with E-state index in [0.717, 1.165) is 16.8 Å². The van der Waals surface area contributed by atoms with Gasteiger partial charge in [-0.2, -0.15) is 0 Å². The van der Waals surface area contributed by atoms with Crippen LogP contribution in [0.15, 0.2) is 41.1 Å². The summed E-state index contributed by atoms with van der Waals surface area (Å²) in [6.07, 6.45) is 0.204. The lowest BCUT2D eigenvalue weighted by Gasteiger charge is -2.05. The molecule has 0 aliphatic heterocycles. The first kappa shape index (κ1) is 18.3. The third kappa shape index (κ3) is 4.56. The molecule has 0 fully saturated rings. The highest BCUT2D eigenvalue weighted by Gasteiger charge is 2.11. The molecular formula is C19H19N3O2S2. The number of thiophene rings is 1. The van der Waals surface area contributed by atoms with E-state index in [1.54, 1.807) is 6.07 Å². The second-order valence-electron chi connectivity index (χ2n) is 5.89. The molecule has 0 aliphatic rings. The second-order valence-corrected chi connectivity index (χ2v) is 7.69. The summed E-state index contributed by atoms with van der Waals surface area (Å²) >= 11 is 2.77. The highest BCUT2D eigenvalue weighted by molar-refractivity contribution is 7.14. The van der Waals surface area contributed by atoms with Crippen LogP contribution in [0.4, 0.5) is 5.13 Å². The predicted octanol–water partition coefficient (Wildman–Crippen LogP) is 4.25. The zero-order valence-electron chi connectivity index (χ0n) is 14.5. The van der Waals surface area contributed by atoms with E-state index in [9.17, 15) is 9.59 Å². The number of aryl methyl sites for hydroxylation is 2. The highest BCUT2D eigenvalue weighted by Crippen LogP contribution is 2.28. The van der Waals surface area contributed by atoms with Crippen LogP contribution < -0.4 is 10.6 Å². The minimum Gasteiger partial charge on any atom is -0.351 e. The molecule has 0 bridgehead atoms. The molecule has 0 unspecified atom stereocenters. The number of thiazole rings is 1. The SMILES string of the molecule is Cc1ccc(C)c(-c2csc(NC(=O)CCNC(=O)c3cccs3)n2)c1. The van der Waals surface area contributed by atoms with Crippen LogP contribution in [-0.2, 0) is 4.79 Å². The summed E-state index contributed by atoms with van der Waals surface area (Å²) in [5, 5.41) is 9.89. The number of hydrogen-bond donors (Lipinski definition) is 2. The Labute approximate surface area is 160 Å². The van der Waals surface area contributed by atoms with Crippen molar-refractivity contribution in [2.24, 2.45) is 0 Å². The van der Waals surface area contributed by atoms with Gasteiger partial charge < -0.3 is 10.6 Å². The zero-order valence-corrected chi connectivity index (χ0v) is 16.2. The Morgan fingerprint density at radius 1 is 1.15 bits per heavy atom. The average Bonchev–Trinajstić information content (AvgIpc) is 3.29. The monoisotopic (exact) mass is 385 g/mol. The fourth-order valence-corrected chi connectivity index (χ4v) is 3.80. The first-order valence-electron chi connectivity index (χ1n) is 8.17. The minimum absolute atomic E-state index is 0.153. The zero-order chi connectivity index (χ0) is 18.5. The molecule has 0 radical (unpaired) electrons. The molecule has 26 heavy (non-hydrogen) atoms. The number of hydrogen-bond acceptors (Lipinski definition) is 5. The topological polar surface area (TPSA) is 71.1 Å². The lowest BCUT2D eigenvalue weighted by Crippen LogP contribution is -2.27. The number of carbonyl (C=O) groups excluding carboxylic acids is 2. The lowest BCUT2D eigenvalue weighted by molar-refractivity contribution is -0.116. The third-order valence-corrected chi connectivity index (χ3v) is 5.43. The number of nitrogens with one attached hydrogen (secondary N) is 2. The van der Waals surface area contributed by atoms with Gasteiger partial charge in [0.2, 0.25) is 5.91 Å². The van der Waals surface area contributed by atoms with Crippen molar-refractivity contribution < 1.29 is 9.59 Å². The molecule has 0 saturated carbocycles. The Morgan fingerprint density at radius 3 is 2.77 bits per heavy atom. The number of amides is 2. The Kier molecular flexibility index (Phi) is 5.80. The number of aromatic nitrogens is 1. The van der Waals surface area contributed by atoms with E-state index < -0.39 is 0 Å². The van der Waals surface area contributed by atoms with Crippen molar-refractivity contribution in [2.75, 3.05) is 11.9 Å². The molecule has 2 heterocycles. The van der Waals surface area contributed by atoms with Crippen LogP contribution in [0.3, 0.4) is 0 Å². The second kappa shape index (κ2) is 8.25. The average molecular weight is 386 g/mol. The number of rotatable bonds is 6. The predicted molar refractivity (Wildman–Crippen MR) is 107 cm³/mol. The highest BCUT2D eigenvalue weighted by atomic mass is 32.1. The van der Waals surface area contributed by atoms with Crippen molar-refractivity contribution in [3.8, 4) is 11.3 Å². The lowest BCUT2D eigenvalue weighted by atomic mass is 10.0. The Hall–Kier alpha value is -2.51. The fraction of sp³-hybridized carbons (Fsp3) is 0.211. The largest absolute Gasteiger partial charge is 0.351 e. The van der Waals surface area contributed by atoms with Gasteiger partial charge in [0.1, 0.15) is 0 Å². The van der Waals surface area contributed by atoms with E-state index in [4.69, 9.17) is 0 Å². The third-order valence-electron chi connectivity index (χ3n) is 3.80. The molecule has 0 atom stereocenters. The first-order valence-corrected chi connectivity index (χ1v) is 9.93. The molecule has 2 aromatic heterocycles. The molecule has 3 aromatic rings. The van der Waals surface area contributed by atoms with Gasteiger partial charge in [-0.1, -0.05) is 23.8 Å². The number of benzene rings is 1. The van der Waals surface area contributed by atoms with Crippen molar-refractivity contribution in [3.05, 3.63) is 57.1 Å². The maximum absolute atomic E-state index is 12.1. The van der Waals surface area contributed by atoms with Gasteiger partial charge in [-0.3, -0.25) is 9.59 Å². The van der Waals surface area contributed by atoms with Crippen molar-refractivity contribution >= 4 is 39.6 Å². The Morgan fingerprint density at radius 2 is 2.00 bits per heavy atom. The van der Waals surface area contributed by atoms with Gasteiger partial charge in [0, 0.05) is 23.9 Å². The summed E-state index contributed by atoms with van der Waals surface area (Å²) in [5.41, 5.74) is 4.25. The summed E-state index contributed by atoms with van der Waals surface area (Å²) in [7, 11) is 0. The molecule has 5 nitrogen and oxygen atoms in total. The van der Waals surface area contributed by atoms with Gasteiger partial charge in [0.15, 0.2) is 5.13 Å².